The van der Waals surface area contributed by atoms with Gasteiger partial charge in [0.2, 0.25) is 0 Å². The number of benzene rings is 1. The van der Waals surface area contributed by atoms with Gasteiger partial charge in [-0.05, 0) is 44.1 Å². The van der Waals surface area contributed by atoms with E-state index in [1.165, 1.54) is 4.57 Å². The lowest BCUT2D eigenvalue weighted by Crippen LogP contribution is -2.50. The van der Waals surface area contributed by atoms with E-state index in [0.717, 1.165) is 32.5 Å². The summed E-state index contributed by atoms with van der Waals surface area (Å²) in [5.41, 5.74) is 1.41. The van der Waals surface area contributed by atoms with Crippen LogP contribution in [0.2, 0.25) is 0 Å². The molecular weight excluding hydrogens is 324 g/mol. The third-order valence-electron chi connectivity index (χ3n) is 4.54. The number of hydrogen-bond donors (Lipinski definition) is 2. The molecule has 1 unspecified atom stereocenters. The van der Waals surface area contributed by atoms with Gasteiger partial charge in [0.15, 0.2) is 5.58 Å². The zero-order valence-electron chi connectivity index (χ0n) is 14.4. The van der Waals surface area contributed by atoms with Crippen LogP contribution in [0.3, 0.4) is 0 Å². The molecule has 8 heteroatoms. The highest BCUT2D eigenvalue weighted by Gasteiger charge is 2.23. The summed E-state index contributed by atoms with van der Waals surface area (Å²) in [5.74, 6) is -1.85. The van der Waals surface area contributed by atoms with Crippen LogP contribution >= 0.6 is 0 Å². The molecule has 2 N–H and O–H groups in total. The fraction of sp³-hybridized carbons (Fsp3) is 0.471. The van der Waals surface area contributed by atoms with Crippen molar-refractivity contribution in [1.82, 2.24) is 14.8 Å². The number of piperidine rings is 1. The zero-order chi connectivity index (χ0) is 18.0. The average Bonchev–Trinajstić information content (AvgIpc) is 2.89. The fourth-order valence-electron chi connectivity index (χ4n) is 3.10. The Bertz CT molecular complexity index is 854. The summed E-state index contributed by atoms with van der Waals surface area (Å²) in [6.07, 6.45) is 1.88. The van der Waals surface area contributed by atoms with Gasteiger partial charge in [-0.3, -0.25) is 14.2 Å². The van der Waals surface area contributed by atoms with Gasteiger partial charge in [0.05, 0.1) is 5.52 Å². The maximum atomic E-state index is 12.1. The first-order valence-electron chi connectivity index (χ1n) is 8.41. The second-order valence-corrected chi connectivity index (χ2v) is 6.27. The van der Waals surface area contributed by atoms with Crippen molar-refractivity contribution in [3.8, 4) is 0 Å². The first-order valence-corrected chi connectivity index (χ1v) is 8.41. The monoisotopic (exact) mass is 346 g/mol. The van der Waals surface area contributed by atoms with E-state index in [0.29, 0.717) is 16.8 Å². The van der Waals surface area contributed by atoms with Gasteiger partial charge in [0.1, 0.15) is 0 Å². The van der Waals surface area contributed by atoms with Crippen molar-refractivity contribution in [3.05, 3.63) is 28.7 Å². The quantitative estimate of drug-likeness (QED) is 0.797. The molecule has 1 aromatic carbocycles. The number of rotatable bonds is 3. The van der Waals surface area contributed by atoms with E-state index in [1.807, 2.05) is 0 Å². The summed E-state index contributed by atoms with van der Waals surface area (Å²) in [5, 5.41) is 5.35. The van der Waals surface area contributed by atoms with Crippen LogP contribution < -0.4 is 16.4 Å². The Kier molecular flexibility index (Phi) is 4.89. The van der Waals surface area contributed by atoms with E-state index < -0.39 is 17.6 Å². The summed E-state index contributed by atoms with van der Waals surface area (Å²) in [6, 6.07) is 4.77. The minimum absolute atomic E-state index is 0.0101. The van der Waals surface area contributed by atoms with Crippen molar-refractivity contribution < 1.29 is 14.0 Å². The number of carbonyl (C=O) groups excluding carboxylic acids is 2. The lowest BCUT2D eigenvalue weighted by molar-refractivity contribution is -0.136. The topological polar surface area (TPSA) is 96.6 Å². The normalized spacial score (nSPS) is 18.2. The number of oxazole rings is 1. The van der Waals surface area contributed by atoms with Crippen molar-refractivity contribution >= 4 is 28.6 Å². The molecule has 1 atom stereocenters. The molecule has 0 bridgehead atoms. The summed E-state index contributed by atoms with van der Waals surface area (Å²) >= 11 is 0. The second-order valence-electron chi connectivity index (χ2n) is 6.27. The molecule has 0 spiro atoms. The smallest absolute Gasteiger partial charge is 0.408 e. The van der Waals surface area contributed by atoms with Gasteiger partial charge in [-0.15, -0.1) is 0 Å². The average molecular weight is 346 g/mol. The number of likely N-dealkylation sites (tertiary alicyclic amines) is 1. The molecule has 134 valence electrons. The van der Waals surface area contributed by atoms with Crippen LogP contribution in [0.5, 0.6) is 0 Å². The van der Waals surface area contributed by atoms with Gasteiger partial charge in [-0.2, -0.15) is 0 Å². The summed E-state index contributed by atoms with van der Waals surface area (Å²) in [7, 11) is 1.58. The van der Waals surface area contributed by atoms with Gasteiger partial charge >= 0.3 is 17.6 Å². The number of carbonyl (C=O) groups is 2. The molecule has 1 fully saturated rings. The molecule has 0 saturated carbocycles. The Morgan fingerprint density at radius 1 is 1.32 bits per heavy atom. The molecule has 1 saturated heterocycles. The van der Waals surface area contributed by atoms with Gasteiger partial charge < -0.3 is 20.0 Å². The lowest BCUT2D eigenvalue weighted by Gasteiger charge is -2.32. The Balaban J connectivity index is 1.64. The highest BCUT2D eigenvalue weighted by atomic mass is 16.4. The Morgan fingerprint density at radius 2 is 2.12 bits per heavy atom. The summed E-state index contributed by atoms with van der Waals surface area (Å²) in [4.78, 5) is 38.0. The van der Waals surface area contributed by atoms with Gasteiger partial charge in [-0.1, -0.05) is 6.92 Å². The van der Waals surface area contributed by atoms with Crippen LogP contribution in [-0.4, -0.2) is 47.0 Å². The fourth-order valence-corrected chi connectivity index (χ4v) is 3.10. The number of anilines is 1. The Labute approximate surface area is 144 Å². The van der Waals surface area contributed by atoms with Crippen LogP contribution in [0, 0.1) is 0 Å². The van der Waals surface area contributed by atoms with E-state index in [9.17, 15) is 14.4 Å². The first kappa shape index (κ1) is 17.2. The van der Waals surface area contributed by atoms with Crippen molar-refractivity contribution in [2.75, 3.05) is 25.0 Å². The standard InChI is InChI=1S/C17H22N4O4/c1-3-21-8-4-5-12(10-21)19-16(23)15(22)18-11-6-7-14-13(9-11)20(2)17(24)25-14/h6-7,9,12H,3-5,8,10H2,1-2H3,(H,18,22)(H,19,23). The van der Waals surface area contributed by atoms with Gasteiger partial charge in [-0.25, -0.2) is 4.79 Å². The van der Waals surface area contributed by atoms with Crippen molar-refractivity contribution in [2.45, 2.75) is 25.8 Å². The Morgan fingerprint density at radius 3 is 2.88 bits per heavy atom. The predicted octanol–water partition coefficient (Wildman–Crippen LogP) is 0.670. The van der Waals surface area contributed by atoms with Crippen LogP contribution in [0.25, 0.3) is 11.1 Å². The number of hydrogen-bond acceptors (Lipinski definition) is 5. The van der Waals surface area contributed by atoms with E-state index in [4.69, 9.17) is 4.42 Å². The predicted molar refractivity (Wildman–Crippen MR) is 93.4 cm³/mol. The van der Waals surface area contributed by atoms with Crippen molar-refractivity contribution in [1.29, 1.82) is 0 Å². The largest absolute Gasteiger partial charge is 0.419 e. The second kappa shape index (κ2) is 7.10. The molecule has 3 rings (SSSR count). The van der Waals surface area contributed by atoms with E-state index in [-0.39, 0.29) is 6.04 Å². The molecule has 8 nitrogen and oxygen atoms in total. The van der Waals surface area contributed by atoms with Crippen LogP contribution in [-0.2, 0) is 16.6 Å². The first-order chi connectivity index (χ1) is 12.0. The molecule has 2 aromatic rings. The van der Waals surface area contributed by atoms with Crippen LogP contribution in [0.1, 0.15) is 19.8 Å². The maximum Gasteiger partial charge on any atom is 0.419 e. The molecule has 2 amide bonds. The highest BCUT2D eigenvalue weighted by molar-refractivity contribution is 6.39. The van der Waals surface area contributed by atoms with E-state index in [1.54, 1.807) is 25.2 Å². The molecule has 0 radical (unpaired) electrons. The number of aromatic nitrogens is 1. The van der Waals surface area contributed by atoms with Gasteiger partial charge in [0.25, 0.3) is 0 Å². The molecule has 2 heterocycles. The van der Waals surface area contributed by atoms with Crippen molar-refractivity contribution in [2.24, 2.45) is 7.05 Å². The zero-order valence-corrected chi connectivity index (χ0v) is 14.4. The van der Waals surface area contributed by atoms with Gasteiger partial charge in [0, 0.05) is 25.3 Å². The molecule has 25 heavy (non-hydrogen) atoms. The number of aryl methyl sites for hydroxylation is 1. The maximum absolute atomic E-state index is 12.1. The third kappa shape index (κ3) is 3.74. The highest BCUT2D eigenvalue weighted by Crippen LogP contribution is 2.17. The van der Waals surface area contributed by atoms with Crippen LogP contribution in [0.4, 0.5) is 5.69 Å². The molecule has 0 aliphatic carbocycles. The number of nitrogens with one attached hydrogen (secondary N) is 2. The number of likely N-dealkylation sites (N-methyl/N-ethyl adjacent to an activating group) is 1. The van der Waals surface area contributed by atoms with Crippen LogP contribution in [0.15, 0.2) is 27.4 Å². The molecular formula is C17H22N4O4. The number of fused-ring (bicyclic) bond motifs is 1. The number of nitrogens with zero attached hydrogens (tertiary/aromatic N) is 2. The summed E-state index contributed by atoms with van der Waals surface area (Å²) in [6.45, 7) is 4.80. The van der Waals surface area contributed by atoms with E-state index in [2.05, 4.69) is 22.5 Å². The lowest BCUT2D eigenvalue weighted by atomic mass is 10.1. The van der Waals surface area contributed by atoms with Crippen molar-refractivity contribution in [3.63, 3.8) is 0 Å². The molecule has 1 aliphatic rings. The molecule has 1 aromatic heterocycles. The summed E-state index contributed by atoms with van der Waals surface area (Å²) < 4.78 is 6.38. The third-order valence-corrected chi connectivity index (χ3v) is 4.54. The SMILES string of the molecule is CCN1CCCC(NC(=O)C(=O)Nc2ccc3oc(=O)n(C)c3c2)C1. The molecule has 1 aliphatic heterocycles. The van der Waals surface area contributed by atoms with E-state index >= 15 is 0 Å². The Hall–Kier alpha value is -2.61. The number of amides is 2. The minimum Gasteiger partial charge on any atom is -0.408 e. The minimum atomic E-state index is -0.721.